The minimum absolute atomic E-state index is 0.161. The molecule has 0 aliphatic rings. The second-order valence-electron chi connectivity index (χ2n) is 8.03. The zero-order chi connectivity index (χ0) is 23.5. The molecule has 0 spiro atoms. The van der Waals surface area contributed by atoms with Crippen LogP contribution in [0.2, 0.25) is 0 Å². The lowest BCUT2D eigenvalue weighted by molar-refractivity contribution is -0.121. The van der Waals surface area contributed by atoms with Crippen molar-refractivity contribution in [2.24, 2.45) is 7.05 Å². The van der Waals surface area contributed by atoms with Gasteiger partial charge in [0.05, 0.1) is 22.8 Å². The number of imidazole rings is 1. The third kappa shape index (κ3) is 4.32. The van der Waals surface area contributed by atoms with Gasteiger partial charge in [-0.15, -0.1) is 0 Å². The molecule has 1 amide bonds. The van der Waals surface area contributed by atoms with Crippen molar-refractivity contribution in [3.05, 3.63) is 108 Å². The zero-order valence-corrected chi connectivity index (χ0v) is 18.6. The molecule has 1 N–H and O–H groups in total. The molecule has 2 heterocycles. The van der Waals surface area contributed by atoms with Crippen molar-refractivity contribution in [2.75, 3.05) is 0 Å². The predicted molar refractivity (Wildman–Crippen MR) is 127 cm³/mol. The van der Waals surface area contributed by atoms with Gasteiger partial charge in [0, 0.05) is 19.9 Å². The molecule has 170 valence electrons. The average Bonchev–Trinajstić information content (AvgIpc) is 3.47. The Morgan fingerprint density at radius 1 is 1.03 bits per heavy atom. The van der Waals surface area contributed by atoms with E-state index in [4.69, 9.17) is 9.40 Å². The van der Waals surface area contributed by atoms with Crippen molar-refractivity contribution in [1.82, 2.24) is 19.9 Å². The minimum atomic E-state index is -0.412. The van der Waals surface area contributed by atoms with Gasteiger partial charge in [0.2, 0.25) is 5.91 Å². The standard InChI is InChI=1S/C27H23FN4O2/c1-32-22-14-8-7-13-21(22)30-27(32)26(18-9-3-2-4-10-18)31-24(33)15-16-25-29-17-23(34-25)19-11-5-6-12-20(19)28/h2-14,17,26H,15-16H2,1H3,(H,31,33). The number of carbonyl (C=O) groups excluding carboxylic acids is 1. The van der Waals surface area contributed by atoms with E-state index in [2.05, 4.69) is 10.3 Å². The molecule has 2 aromatic heterocycles. The highest BCUT2D eigenvalue weighted by Gasteiger charge is 2.23. The third-order valence-electron chi connectivity index (χ3n) is 5.78. The van der Waals surface area contributed by atoms with Crippen molar-refractivity contribution in [3.8, 4) is 11.3 Å². The highest BCUT2D eigenvalue weighted by molar-refractivity contribution is 5.78. The van der Waals surface area contributed by atoms with E-state index in [9.17, 15) is 9.18 Å². The Morgan fingerprint density at radius 3 is 2.56 bits per heavy atom. The molecule has 6 nitrogen and oxygen atoms in total. The third-order valence-corrected chi connectivity index (χ3v) is 5.78. The van der Waals surface area contributed by atoms with Gasteiger partial charge in [-0.05, 0) is 29.8 Å². The van der Waals surface area contributed by atoms with E-state index in [1.165, 1.54) is 12.3 Å². The summed E-state index contributed by atoms with van der Waals surface area (Å²) >= 11 is 0. The number of hydrogen-bond donors (Lipinski definition) is 1. The maximum absolute atomic E-state index is 14.0. The second kappa shape index (κ2) is 9.31. The topological polar surface area (TPSA) is 73.0 Å². The first-order chi connectivity index (χ1) is 16.6. The highest BCUT2D eigenvalue weighted by Crippen LogP contribution is 2.26. The summed E-state index contributed by atoms with van der Waals surface area (Å²) < 4.78 is 21.7. The molecule has 3 aromatic carbocycles. The van der Waals surface area contributed by atoms with Gasteiger partial charge in [-0.1, -0.05) is 54.6 Å². The molecule has 0 aliphatic carbocycles. The molecule has 0 fully saturated rings. The molecule has 0 aliphatic heterocycles. The Hall–Kier alpha value is -4.26. The van der Waals surface area contributed by atoms with Crippen molar-refractivity contribution in [1.29, 1.82) is 0 Å². The van der Waals surface area contributed by atoms with E-state index < -0.39 is 6.04 Å². The fourth-order valence-corrected chi connectivity index (χ4v) is 4.03. The Morgan fingerprint density at radius 2 is 1.76 bits per heavy atom. The second-order valence-corrected chi connectivity index (χ2v) is 8.03. The van der Waals surface area contributed by atoms with Crippen LogP contribution in [-0.4, -0.2) is 20.4 Å². The summed E-state index contributed by atoms with van der Waals surface area (Å²) in [5.41, 5.74) is 3.15. The molecule has 34 heavy (non-hydrogen) atoms. The van der Waals surface area contributed by atoms with Crippen LogP contribution < -0.4 is 5.32 Å². The van der Waals surface area contributed by atoms with Gasteiger partial charge in [-0.3, -0.25) is 4.79 Å². The normalized spacial score (nSPS) is 12.1. The number of carbonyl (C=O) groups is 1. The number of para-hydroxylation sites is 2. The first-order valence-corrected chi connectivity index (χ1v) is 11.1. The predicted octanol–water partition coefficient (Wildman–Crippen LogP) is 5.21. The van der Waals surface area contributed by atoms with Gasteiger partial charge in [-0.25, -0.2) is 14.4 Å². The Labute approximate surface area is 196 Å². The van der Waals surface area contributed by atoms with Crippen LogP contribution in [0.5, 0.6) is 0 Å². The first kappa shape index (κ1) is 21.6. The number of rotatable bonds is 7. The van der Waals surface area contributed by atoms with Gasteiger partial charge in [0.1, 0.15) is 17.7 Å². The molecule has 0 radical (unpaired) electrons. The summed E-state index contributed by atoms with van der Waals surface area (Å²) in [4.78, 5) is 22.0. The van der Waals surface area contributed by atoms with Gasteiger partial charge in [0.25, 0.3) is 0 Å². The van der Waals surface area contributed by atoms with Crippen LogP contribution in [-0.2, 0) is 18.3 Å². The van der Waals surface area contributed by atoms with Gasteiger partial charge < -0.3 is 14.3 Å². The highest BCUT2D eigenvalue weighted by atomic mass is 19.1. The molecule has 5 aromatic rings. The summed E-state index contributed by atoms with van der Waals surface area (Å²) in [5.74, 6) is 0.934. The van der Waals surface area contributed by atoms with Gasteiger partial charge in [0.15, 0.2) is 11.7 Å². The van der Waals surface area contributed by atoms with E-state index in [0.29, 0.717) is 23.6 Å². The van der Waals surface area contributed by atoms with Crippen LogP contribution in [0.15, 0.2) is 89.5 Å². The molecular formula is C27H23FN4O2. The van der Waals surface area contributed by atoms with Crippen molar-refractivity contribution < 1.29 is 13.6 Å². The maximum atomic E-state index is 14.0. The van der Waals surface area contributed by atoms with Crippen molar-refractivity contribution >= 4 is 16.9 Å². The van der Waals surface area contributed by atoms with Crippen LogP contribution in [0.3, 0.4) is 0 Å². The Kier molecular flexibility index (Phi) is 5.91. The number of nitrogens with one attached hydrogen (secondary N) is 1. The maximum Gasteiger partial charge on any atom is 0.221 e. The number of aromatic nitrogens is 3. The van der Waals surface area contributed by atoms with E-state index in [0.717, 1.165) is 22.4 Å². The smallest absolute Gasteiger partial charge is 0.221 e. The summed E-state index contributed by atoms with van der Waals surface area (Å²) in [6.45, 7) is 0. The Bertz CT molecular complexity index is 1440. The van der Waals surface area contributed by atoms with E-state index in [-0.39, 0.29) is 18.1 Å². The lowest BCUT2D eigenvalue weighted by Crippen LogP contribution is -2.31. The minimum Gasteiger partial charge on any atom is -0.441 e. The number of oxazole rings is 1. The number of nitrogens with zero attached hydrogens (tertiary/aromatic N) is 3. The molecule has 0 saturated heterocycles. The molecule has 7 heteroatoms. The van der Waals surface area contributed by atoms with Crippen molar-refractivity contribution in [3.63, 3.8) is 0 Å². The van der Waals surface area contributed by atoms with Crippen LogP contribution in [0.1, 0.15) is 29.7 Å². The lowest BCUT2D eigenvalue weighted by Gasteiger charge is -2.19. The van der Waals surface area contributed by atoms with Crippen LogP contribution in [0.25, 0.3) is 22.4 Å². The summed E-state index contributed by atoms with van der Waals surface area (Å²) in [7, 11) is 1.95. The number of halogens is 1. The molecule has 1 atom stereocenters. The quantitative estimate of drug-likeness (QED) is 0.367. The fourth-order valence-electron chi connectivity index (χ4n) is 4.03. The lowest BCUT2D eigenvalue weighted by atomic mass is 10.1. The summed E-state index contributed by atoms with van der Waals surface area (Å²) in [6.07, 6.45) is 1.95. The number of fused-ring (bicyclic) bond motifs is 1. The molecule has 1 unspecified atom stereocenters. The monoisotopic (exact) mass is 454 g/mol. The first-order valence-electron chi connectivity index (χ1n) is 11.1. The number of benzene rings is 3. The van der Waals surface area contributed by atoms with Crippen LogP contribution in [0.4, 0.5) is 4.39 Å². The Balaban J connectivity index is 1.34. The number of amides is 1. The zero-order valence-electron chi connectivity index (χ0n) is 18.6. The summed E-state index contributed by atoms with van der Waals surface area (Å²) in [6, 6.07) is 23.6. The largest absolute Gasteiger partial charge is 0.441 e. The molecule has 5 rings (SSSR count). The number of hydrogen-bond acceptors (Lipinski definition) is 4. The van der Waals surface area contributed by atoms with Crippen LogP contribution in [0, 0.1) is 5.82 Å². The van der Waals surface area contributed by atoms with Gasteiger partial charge in [-0.2, -0.15) is 0 Å². The van der Waals surface area contributed by atoms with Crippen molar-refractivity contribution in [2.45, 2.75) is 18.9 Å². The number of aryl methyl sites for hydroxylation is 2. The molecule has 0 bridgehead atoms. The SMILES string of the molecule is Cn1c(C(NC(=O)CCc2ncc(-c3ccccc3F)o2)c2ccccc2)nc2ccccc21. The average molecular weight is 455 g/mol. The van der Waals surface area contributed by atoms with E-state index in [1.54, 1.807) is 18.2 Å². The van der Waals surface area contributed by atoms with Gasteiger partial charge >= 0.3 is 0 Å². The molecular weight excluding hydrogens is 431 g/mol. The van der Waals surface area contributed by atoms with E-state index in [1.807, 2.05) is 66.2 Å². The summed E-state index contributed by atoms with van der Waals surface area (Å²) in [5, 5.41) is 3.12. The molecule has 0 saturated carbocycles. The fraction of sp³-hybridized carbons (Fsp3) is 0.148. The van der Waals surface area contributed by atoms with E-state index >= 15 is 0 Å². The van der Waals surface area contributed by atoms with Crippen LogP contribution >= 0.6 is 0 Å².